The van der Waals surface area contributed by atoms with Crippen LogP contribution in [-0.4, -0.2) is 15.3 Å². The highest BCUT2D eigenvalue weighted by Crippen LogP contribution is 2.31. The van der Waals surface area contributed by atoms with Crippen molar-refractivity contribution < 1.29 is 9.53 Å². The zero-order valence-corrected chi connectivity index (χ0v) is 21.2. The predicted molar refractivity (Wildman–Crippen MR) is 141 cm³/mol. The zero-order valence-electron chi connectivity index (χ0n) is 19.0. The maximum atomic E-state index is 13.4. The molecule has 10 heteroatoms. The average molecular weight is 540 g/mol. The Bertz CT molecular complexity index is 1660. The number of halogens is 3. The van der Waals surface area contributed by atoms with Crippen molar-refractivity contribution in [1.82, 2.24) is 9.38 Å². The van der Waals surface area contributed by atoms with Crippen molar-refractivity contribution >= 4 is 58.1 Å². The summed E-state index contributed by atoms with van der Waals surface area (Å²) in [6.07, 6.45) is 2.68. The largest absolute Gasteiger partial charge is 0.438 e. The van der Waals surface area contributed by atoms with Crippen LogP contribution in [0.2, 0.25) is 15.1 Å². The van der Waals surface area contributed by atoms with E-state index in [4.69, 9.17) is 39.5 Å². The molecular weight excluding hydrogens is 523 g/mol. The number of carbonyl (C=O) groups excluding carboxylic acids is 1. The number of aryl methyl sites for hydroxylation is 2. The zero-order chi connectivity index (χ0) is 26.0. The summed E-state index contributed by atoms with van der Waals surface area (Å²) >= 11 is 18.3. The number of carbonyl (C=O) groups is 1. The van der Waals surface area contributed by atoms with Crippen LogP contribution in [0.3, 0.4) is 0 Å². The molecule has 0 aliphatic heterocycles. The number of aromatic nitrogens is 2. The molecule has 0 saturated carbocycles. The van der Waals surface area contributed by atoms with E-state index >= 15 is 0 Å². The van der Waals surface area contributed by atoms with Crippen molar-refractivity contribution in [2.45, 2.75) is 13.8 Å². The standard InChI is InChI=1S/C26H17Cl3N4O3/c1-14-5-4-10-33-23(14)32-25(36-17-8-9-19(27)15(2)11-17)18(26(33)35)12-16(13-30)24(34)31-21-7-3-6-20(28)22(21)29/h3-12H,1-2H3,(H,31,34)/b16-12-. The van der Waals surface area contributed by atoms with Gasteiger partial charge in [0, 0.05) is 11.2 Å². The van der Waals surface area contributed by atoms with Crippen LogP contribution in [0.4, 0.5) is 5.69 Å². The number of rotatable bonds is 5. The van der Waals surface area contributed by atoms with E-state index in [0.717, 1.165) is 17.2 Å². The smallest absolute Gasteiger partial charge is 0.269 e. The molecular formula is C26H17Cl3N4O3. The Balaban J connectivity index is 1.85. The third-order valence-corrected chi connectivity index (χ3v) is 6.49. The number of hydrogen-bond acceptors (Lipinski definition) is 5. The molecule has 180 valence electrons. The quantitative estimate of drug-likeness (QED) is 0.227. The summed E-state index contributed by atoms with van der Waals surface area (Å²) in [4.78, 5) is 30.9. The summed E-state index contributed by atoms with van der Waals surface area (Å²) in [5, 5.41) is 13.2. The van der Waals surface area contributed by atoms with Crippen molar-refractivity contribution in [3.05, 3.63) is 102 Å². The molecule has 0 spiro atoms. The Morgan fingerprint density at radius 1 is 1.08 bits per heavy atom. The minimum Gasteiger partial charge on any atom is -0.438 e. The number of hydrogen-bond donors (Lipinski definition) is 1. The molecule has 1 amide bonds. The van der Waals surface area contributed by atoms with Crippen molar-refractivity contribution in [3.8, 4) is 17.7 Å². The van der Waals surface area contributed by atoms with E-state index in [-0.39, 0.29) is 32.7 Å². The lowest BCUT2D eigenvalue weighted by molar-refractivity contribution is -0.112. The maximum absolute atomic E-state index is 13.4. The van der Waals surface area contributed by atoms with E-state index in [9.17, 15) is 14.9 Å². The number of pyridine rings is 1. The van der Waals surface area contributed by atoms with Gasteiger partial charge in [0.1, 0.15) is 28.6 Å². The van der Waals surface area contributed by atoms with Gasteiger partial charge in [-0.05, 0) is 67.4 Å². The lowest BCUT2D eigenvalue weighted by Gasteiger charge is -2.12. The highest BCUT2D eigenvalue weighted by atomic mass is 35.5. The first-order chi connectivity index (χ1) is 17.2. The molecule has 0 unspecified atom stereocenters. The van der Waals surface area contributed by atoms with Crippen molar-refractivity contribution in [3.63, 3.8) is 0 Å². The molecule has 0 aliphatic rings. The van der Waals surface area contributed by atoms with Crippen LogP contribution in [0.15, 0.2) is 65.1 Å². The fraction of sp³-hybridized carbons (Fsp3) is 0.0769. The predicted octanol–water partition coefficient (Wildman–Crippen LogP) is 6.61. The Morgan fingerprint density at radius 2 is 1.86 bits per heavy atom. The Labute approximate surface area is 221 Å². The van der Waals surface area contributed by atoms with Gasteiger partial charge in [-0.25, -0.2) is 0 Å². The van der Waals surface area contributed by atoms with E-state index in [1.807, 2.05) is 13.0 Å². The topological polar surface area (TPSA) is 96.5 Å². The number of fused-ring (bicyclic) bond motifs is 1. The fourth-order valence-corrected chi connectivity index (χ4v) is 3.83. The first-order valence-corrected chi connectivity index (χ1v) is 11.7. The van der Waals surface area contributed by atoms with E-state index < -0.39 is 11.5 Å². The molecule has 0 saturated heterocycles. The normalized spacial score (nSPS) is 11.3. The molecule has 0 radical (unpaired) electrons. The second kappa shape index (κ2) is 10.4. The maximum Gasteiger partial charge on any atom is 0.269 e. The highest BCUT2D eigenvalue weighted by Gasteiger charge is 2.19. The number of amides is 1. The van der Waals surface area contributed by atoms with Gasteiger partial charge in [-0.15, -0.1) is 0 Å². The molecule has 0 bridgehead atoms. The number of nitriles is 1. The van der Waals surface area contributed by atoms with Crippen molar-refractivity contribution in [2.24, 2.45) is 0 Å². The number of benzene rings is 2. The monoisotopic (exact) mass is 538 g/mol. The lowest BCUT2D eigenvalue weighted by atomic mass is 10.1. The van der Waals surface area contributed by atoms with E-state index in [0.29, 0.717) is 16.4 Å². The second-order valence-corrected chi connectivity index (χ2v) is 8.95. The number of nitrogens with zero attached hydrogens (tertiary/aromatic N) is 3. The van der Waals surface area contributed by atoms with Crippen LogP contribution >= 0.6 is 34.8 Å². The third kappa shape index (κ3) is 5.07. The Kier molecular flexibility index (Phi) is 7.32. The van der Waals surface area contributed by atoms with E-state index in [2.05, 4.69) is 10.3 Å². The van der Waals surface area contributed by atoms with Gasteiger partial charge in [0.2, 0.25) is 5.88 Å². The average Bonchev–Trinajstić information content (AvgIpc) is 2.85. The molecule has 4 aromatic rings. The summed E-state index contributed by atoms with van der Waals surface area (Å²) in [7, 11) is 0. The third-order valence-electron chi connectivity index (χ3n) is 5.25. The first kappa shape index (κ1) is 25.3. The van der Waals surface area contributed by atoms with Crippen molar-refractivity contribution in [1.29, 1.82) is 5.26 Å². The molecule has 0 aliphatic carbocycles. The molecule has 2 aromatic heterocycles. The summed E-state index contributed by atoms with van der Waals surface area (Å²) in [5.41, 5.74) is 1.10. The molecule has 0 atom stereocenters. The summed E-state index contributed by atoms with van der Waals surface area (Å²) < 4.78 is 7.28. The lowest BCUT2D eigenvalue weighted by Crippen LogP contribution is -2.20. The minimum atomic E-state index is -0.788. The van der Waals surface area contributed by atoms with Gasteiger partial charge in [0.05, 0.1) is 15.7 Å². The van der Waals surface area contributed by atoms with Gasteiger partial charge in [-0.2, -0.15) is 10.2 Å². The molecule has 0 fully saturated rings. The molecule has 4 rings (SSSR count). The van der Waals surface area contributed by atoms with Gasteiger partial charge in [0.15, 0.2) is 0 Å². The van der Waals surface area contributed by atoms with Crippen LogP contribution in [-0.2, 0) is 4.79 Å². The Hall–Kier alpha value is -3.83. The molecule has 2 heterocycles. The van der Waals surface area contributed by atoms with Gasteiger partial charge >= 0.3 is 0 Å². The van der Waals surface area contributed by atoms with Crippen LogP contribution in [0.5, 0.6) is 11.6 Å². The van der Waals surface area contributed by atoms with Gasteiger partial charge in [-0.1, -0.05) is 46.9 Å². The fourth-order valence-electron chi connectivity index (χ4n) is 3.37. The van der Waals surface area contributed by atoms with Crippen molar-refractivity contribution in [2.75, 3.05) is 5.32 Å². The molecule has 36 heavy (non-hydrogen) atoms. The number of ether oxygens (including phenoxy) is 1. The number of nitrogens with one attached hydrogen (secondary N) is 1. The van der Waals surface area contributed by atoms with Crippen LogP contribution < -0.4 is 15.6 Å². The van der Waals surface area contributed by atoms with Gasteiger partial charge < -0.3 is 10.1 Å². The summed E-state index contributed by atoms with van der Waals surface area (Å²) in [6, 6.07) is 15.0. The van der Waals surface area contributed by atoms with Gasteiger partial charge in [0.25, 0.3) is 11.5 Å². The van der Waals surface area contributed by atoms with E-state index in [1.165, 1.54) is 10.5 Å². The molecule has 2 aromatic carbocycles. The van der Waals surface area contributed by atoms with E-state index in [1.54, 1.807) is 55.6 Å². The Morgan fingerprint density at radius 3 is 2.58 bits per heavy atom. The SMILES string of the molecule is Cc1cc(Oc2nc3c(C)cccn3c(=O)c2/C=C(/C#N)C(=O)Nc2cccc(Cl)c2Cl)ccc1Cl. The number of anilines is 1. The highest BCUT2D eigenvalue weighted by molar-refractivity contribution is 6.44. The summed E-state index contributed by atoms with van der Waals surface area (Å²) in [5.74, 6) is -0.480. The van der Waals surface area contributed by atoms with Gasteiger partial charge in [-0.3, -0.25) is 14.0 Å². The minimum absolute atomic E-state index is 0.0719. The molecule has 1 N–H and O–H groups in total. The second-order valence-electron chi connectivity index (χ2n) is 7.76. The first-order valence-electron chi connectivity index (χ1n) is 10.5. The van der Waals surface area contributed by atoms with Crippen LogP contribution in [0.25, 0.3) is 11.7 Å². The summed E-state index contributed by atoms with van der Waals surface area (Å²) in [6.45, 7) is 3.61. The van der Waals surface area contributed by atoms with Crippen LogP contribution in [0.1, 0.15) is 16.7 Å². The molecule has 7 nitrogen and oxygen atoms in total. The van der Waals surface area contributed by atoms with Crippen LogP contribution in [0, 0.1) is 25.2 Å².